The van der Waals surface area contributed by atoms with E-state index in [1.165, 1.54) is 18.3 Å². The molecule has 86 valence electrons. The molecule has 1 amide bonds. The Balaban J connectivity index is 2.41. The van der Waals surface area contributed by atoms with Crippen LogP contribution < -0.4 is 5.32 Å². The maximum Gasteiger partial charge on any atom is 0.303 e. The number of hydrogen-bond donors (Lipinski definition) is 3. The monoisotopic (exact) mass is 224 g/mol. The van der Waals surface area contributed by atoms with Crippen LogP contribution in [0.5, 0.6) is 5.75 Å². The van der Waals surface area contributed by atoms with E-state index in [1.54, 1.807) is 0 Å². The van der Waals surface area contributed by atoms with Crippen LogP contribution in [0.25, 0.3) is 0 Å². The molecule has 1 aromatic heterocycles. The lowest BCUT2D eigenvalue weighted by molar-refractivity contribution is -0.137. The molecule has 6 heteroatoms. The predicted molar refractivity (Wildman–Crippen MR) is 55.1 cm³/mol. The highest BCUT2D eigenvalue weighted by Gasteiger charge is 2.11. The van der Waals surface area contributed by atoms with Gasteiger partial charge in [0.25, 0.3) is 5.91 Å². The third-order valence-electron chi connectivity index (χ3n) is 1.85. The Kier molecular flexibility index (Phi) is 4.26. The molecule has 0 bridgehead atoms. The standard InChI is InChI=1S/C10H12N2O4/c13-7-3-1-5-11-9(7)10(16)12-6-2-4-8(14)15/h1,3,5,13H,2,4,6H2,(H,12,16)(H,14,15). The van der Waals surface area contributed by atoms with E-state index in [-0.39, 0.29) is 24.4 Å². The predicted octanol–water partition coefficient (Wildman–Crippen LogP) is 0.382. The number of aromatic nitrogens is 1. The summed E-state index contributed by atoms with van der Waals surface area (Å²) in [5.74, 6) is -1.61. The van der Waals surface area contributed by atoms with Gasteiger partial charge in [-0.25, -0.2) is 4.98 Å². The highest BCUT2D eigenvalue weighted by Crippen LogP contribution is 2.11. The van der Waals surface area contributed by atoms with Crippen LogP contribution in [-0.4, -0.2) is 33.6 Å². The van der Waals surface area contributed by atoms with Crippen LogP contribution in [0.15, 0.2) is 18.3 Å². The van der Waals surface area contributed by atoms with Crippen LogP contribution in [0.2, 0.25) is 0 Å². The van der Waals surface area contributed by atoms with Gasteiger partial charge in [0.2, 0.25) is 0 Å². The van der Waals surface area contributed by atoms with E-state index >= 15 is 0 Å². The Morgan fingerprint density at radius 2 is 2.19 bits per heavy atom. The lowest BCUT2D eigenvalue weighted by Gasteiger charge is -2.04. The number of pyridine rings is 1. The van der Waals surface area contributed by atoms with Crippen molar-refractivity contribution in [3.05, 3.63) is 24.0 Å². The van der Waals surface area contributed by atoms with Crippen molar-refractivity contribution in [2.45, 2.75) is 12.8 Å². The van der Waals surface area contributed by atoms with Gasteiger partial charge >= 0.3 is 5.97 Å². The largest absolute Gasteiger partial charge is 0.505 e. The van der Waals surface area contributed by atoms with Gasteiger partial charge in [-0.1, -0.05) is 0 Å². The first-order valence-electron chi connectivity index (χ1n) is 4.75. The van der Waals surface area contributed by atoms with Crippen LogP contribution >= 0.6 is 0 Å². The highest BCUT2D eigenvalue weighted by molar-refractivity contribution is 5.94. The Hall–Kier alpha value is -2.11. The molecule has 0 atom stereocenters. The molecule has 0 aromatic carbocycles. The molecule has 1 heterocycles. The van der Waals surface area contributed by atoms with Crippen LogP contribution in [0.4, 0.5) is 0 Å². The topological polar surface area (TPSA) is 99.5 Å². The molecular weight excluding hydrogens is 212 g/mol. The molecule has 6 nitrogen and oxygen atoms in total. The van der Waals surface area contributed by atoms with E-state index in [0.29, 0.717) is 6.42 Å². The third kappa shape index (κ3) is 3.56. The van der Waals surface area contributed by atoms with Crippen LogP contribution in [0.3, 0.4) is 0 Å². The summed E-state index contributed by atoms with van der Waals surface area (Å²) in [6, 6.07) is 2.87. The lowest BCUT2D eigenvalue weighted by atomic mass is 10.3. The number of aromatic hydroxyl groups is 1. The van der Waals surface area contributed by atoms with Crippen molar-refractivity contribution in [1.29, 1.82) is 0 Å². The summed E-state index contributed by atoms with van der Waals surface area (Å²) in [4.78, 5) is 25.3. The van der Waals surface area contributed by atoms with E-state index in [0.717, 1.165) is 0 Å². The molecule has 0 aliphatic rings. The second-order valence-electron chi connectivity index (χ2n) is 3.12. The summed E-state index contributed by atoms with van der Waals surface area (Å²) < 4.78 is 0. The lowest BCUT2D eigenvalue weighted by Crippen LogP contribution is -2.25. The first-order valence-corrected chi connectivity index (χ1v) is 4.75. The van der Waals surface area contributed by atoms with Crippen LogP contribution in [0.1, 0.15) is 23.3 Å². The fourth-order valence-corrected chi connectivity index (χ4v) is 1.10. The highest BCUT2D eigenvalue weighted by atomic mass is 16.4. The molecule has 0 fully saturated rings. The number of nitrogens with one attached hydrogen (secondary N) is 1. The molecule has 0 radical (unpaired) electrons. The Bertz CT molecular complexity index is 392. The van der Waals surface area contributed by atoms with E-state index < -0.39 is 11.9 Å². The number of hydrogen-bond acceptors (Lipinski definition) is 4. The summed E-state index contributed by atoms with van der Waals surface area (Å²) in [5.41, 5.74) is -0.0576. The number of nitrogens with zero attached hydrogens (tertiary/aromatic N) is 1. The van der Waals surface area contributed by atoms with Gasteiger partial charge in [-0.2, -0.15) is 0 Å². The number of aliphatic carboxylic acids is 1. The number of rotatable bonds is 5. The zero-order valence-electron chi connectivity index (χ0n) is 8.51. The van der Waals surface area contributed by atoms with Gasteiger partial charge in [-0.15, -0.1) is 0 Å². The zero-order chi connectivity index (χ0) is 12.0. The van der Waals surface area contributed by atoms with Crippen molar-refractivity contribution >= 4 is 11.9 Å². The average molecular weight is 224 g/mol. The quantitative estimate of drug-likeness (QED) is 0.628. The molecule has 1 aromatic rings. The van der Waals surface area contributed by atoms with E-state index in [9.17, 15) is 14.7 Å². The summed E-state index contributed by atoms with van der Waals surface area (Å²) in [7, 11) is 0. The van der Waals surface area contributed by atoms with Crippen molar-refractivity contribution in [3.8, 4) is 5.75 Å². The molecule has 16 heavy (non-hydrogen) atoms. The number of carbonyl (C=O) groups excluding carboxylic acids is 1. The molecule has 0 aliphatic heterocycles. The fraction of sp³-hybridized carbons (Fsp3) is 0.300. The normalized spacial score (nSPS) is 9.75. The maximum atomic E-state index is 11.4. The van der Waals surface area contributed by atoms with Crippen molar-refractivity contribution in [3.63, 3.8) is 0 Å². The second kappa shape index (κ2) is 5.69. The summed E-state index contributed by atoms with van der Waals surface area (Å²) in [5, 5.41) is 20.2. The number of amides is 1. The van der Waals surface area contributed by atoms with E-state index in [2.05, 4.69) is 10.3 Å². The number of carboxylic acids is 1. The van der Waals surface area contributed by atoms with Gasteiger partial charge in [-0.05, 0) is 18.6 Å². The molecule has 3 N–H and O–H groups in total. The van der Waals surface area contributed by atoms with Gasteiger partial charge in [0, 0.05) is 19.2 Å². The first-order chi connectivity index (χ1) is 7.61. The molecule has 1 rings (SSSR count). The number of carboxylic acid groups (broad SMARTS) is 1. The summed E-state index contributed by atoms with van der Waals surface area (Å²) in [6.45, 7) is 0.237. The Morgan fingerprint density at radius 3 is 2.81 bits per heavy atom. The van der Waals surface area contributed by atoms with Crippen LogP contribution in [0, 0.1) is 0 Å². The van der Waals surface area contributed by atoms with Gasteiger partial charge < -0.3 is 15.5 Å². The fourth-order valence-electron chi connectivity index (χ4n) is 1.10. The third-order valence-corrected chi connectivity index (χ3v) is 1.85. The van der Waals surface area contributed by atoms with Crippen molar-refractivity contribution in [1.82, 2.24) is 10.3 Å². The molecule has 0 saturated carbocycles. The van der Waals surface area contributed by atoms with Crippen molar-refractivity contribution in [2.24, 2.45) is 0 Å². The summed E-state index contributed by atoms with van der Waals surface area (Å²) >= 11 is 0. The zero-order valence-corrected chi connectivity index (χ0v) is 8.51. The molecule has 0 spiro atoms. The SMILES string of the molecule is O=C(O)CCCNC(=O)c1ncccc1O. The Labute approximate surface area is 91.9 Å². The Morgan fingerprint density at radius 1 is 1.44 bits per heavy atom. The van der Waals surface area contributed by atoms with Gasteiger partial charge in [-0.3, -0.25) is 9.59 Å². The molecular formula is C10H12N2O4. The maximum absolute atomic E-state index is 11.4. The average Bonchev–Trinajstić information content (AvgIpc) is 2.24. The minimum atomic E-state index is -0.907. The minimum Gasteiger partial charge on any atom is -0.505 e. The number of carbonyl (C=O) groups is 2. The van der Waals surface area contributed by atoms with E-state index in [1.807, 2.05) is 0 Å². The molecule has 0 unspecified atom stereocenters. The molecule has 0 saturated heterocycles. The van der Waals surface area contributed by atoms with E-state index in [4.69, 9.17) is 5.11 Å². The second-order valence-corrected chi connectivity index (χ2v) is 3.12. The smallest absolute Gasteiger partial charge is 0.303 e. The van der Waals surface area contributed by atoms with Gasteiger partial charge in [0.1, 0.15) is 5.75 Å². The summed E-state index contributed by atoms with van der Waals surface area (Å²) in [6.07, 6.45) is 1.73. The van der Waals surface area contributed by atoms with Gasteiger partial charge in [0.15, 0.2) is 5.69 Å². The minimum absolute atomic E-state index is 0.00548. The van der Waals surface area contributed by atoms with Gasteiger partial charge in [0.05, 0.1) is 0 Å². The molecule has 0 aliphatic carbocycles. The first kappa shape index (κ1) is 12.0. The van der Waals surface area contributed by atoms with Crippen LogP contribution in [-0.2, 0) is 4.79 Å². The van der Waals surface area contributed by atoms with Crippen molar-refractivity contribution in [2.75, 3.05) is 6.54 Å². The van der Waals surface area contributed by atoms with Crippen molar-refractivity contribution < 1.29 is 19.8 Å².